The summed E-state index contributed by atoms with van der Waals surface area (Å²) in [5, 5.41) is 30.3. The Morgan fingerprint density at radius 2 is 2.00 bits per heavy atom. The second kappa shape index (κ2) is 3.82. The van der Waals surface area contributed by atoms with Crippen molar-refractivity contribution in [3.8, 4) is 0 Å². The first-order valence-corrected chi connectivity index (χ1v) is 7.13. The minimum Gasteiger partial charge on any atom is -0.392 e. The molecule has 4 nitrogen and oxygen atoms in total. The van der Waals surface area contributed by atoms with Crippen LogP contribution < -0.4 is 0 Å². The lowest BCUT2D eigenvalue weighted by Crippen LogP contribution is -2.69. The fourth-order valence-electron chi connectivity index (χ4n) is 4.39. The summed E-state index contributed by atoms with van der Waals surface area (Å²) in [5.41, 5.74) is -0.467. The van der Waals surface area contributed by atoms with Crippen LogP contribution in [0.25, 0.3) is 0 Å². The molecule has 0 amide bonds. The molecule has 2 bridgehead atoms. The Morgan fingerprint density at radius 3 is 2.58 bits per heavy atom. The van der Waals surface area contributed by atoms with Crippen molar-refractivity contribution < 1.29 is 20.1 Å². The molecule has 1 saturated heterocycles. The Hall–Kier alpha value is -0.420. The van der Waals surface area contributed by atoms with E-state index in [1.165, 1.54) is 0 Å². The molecule has 0 aromatic carbocycles. The van der Waals surface area contributed by atoms with Crippen LogP contribution in [0.3, 0.4) is 0 Å². The molecule has 5 unspecified atom stereocenters. The molecule has 108 valence electrons. The lowest BCUT2D eigenvalue weighted by Gasteiger charge is -2.65. The summed E-state index contributed by atoms with van der Waals surface area (Å²) < 4.78 is 6.25. The summed E-state index contributed by atoms with van der Waals surface area (Å²) in [6, 6.07) is 0. The Kier molecular flexibility index (Phi) is 2.72. The van der Waals surface area contributed by atoms with Crippen LogP contribution in [0.5, 0.6) is 0 Å². The average Bonchev–Trinajstić information content (AvgIpc) is 2.41. The summed E-state index contributed by atoms with van der Waals surface area (Å²) >= 11 is 0. The van der Waals surface area contributed by atoms with Gasteiger partial charge in [-0.25, -0.2) is 0 Å². The number of ether oxygens (including phenoxy) is 1. The molecule has 0 aromatic heterocycles. The number of aliphatic hydroxyl groups is 3. The highest BCUT2D eigenvalue weighted by Crippen LogP contribution is 2.64. The maximum atomic E-state index is 10.5. The van der Waals surface area contributed by atoms with Crippen LogP contribution in [0.4, 0.5) is 0 Å². The first kappa shape index (κ1) is 13.6. The van der Waals surface area contributed by atoms with Gasteiger partial charge in [0.1, 0.15) is 12.2 Å². The van der Waals surface area contributed by atoms with Crippen molar-refractivity contribution in [3.63, 3.8) is 0 Å². The largest absolute Gasteiger partial charge is 0.392 e. The third-order valence-electron chi connectivity index (χ3n) is 5.70. The first-order chi connectivity index (χ1) is 8.73. The summed E-state index contributed by atoms with van der Waals surface area (Å²) in [6.07, 6.45) is 2.61. The van der Waals surface area contributed by atoms with E-state index < -0.39 is 17.8 Å². The number of aliphatic hydroxyl groups excluding tert-OH is 2. The topological polar surface area (TPSA) is 69.9 Å². The molecule has 3 N–H and O–H groups in total. The fraction of sp³-hybridized carbons (Fsp3) is 0.867. The van der Waals surface area contributed by atoms with E-state index in [-0.39, 0.29) is 23.5 Å². The minimum absolute atomic E-state index is 0.0186. The van der Waals surface area contributed by atoms with Crippen LogP contribution in [0.1, 0.15) is 40.0 Å². The zero-order valence-corrected chi connectivity index (χ0v) is 11.9. The molecule has 3 rings (SSSR count). The van der Waals surface area contributed by atoms with Gasteiger partial charge in [-0.2, -0.15) is 0 Å². The highest BCUT2D eigenvalue weighted by atomic mass is 16.5. The van der Waals surface area contributed by atoms with E-state index in [9.17, 15) is 15.3 Å². The monoisotopic (exact) mass is 268 g/mol. The molecule has 1 spiro atoms. The fourth-order valence-corrected chi connectivity index (χ4v) is 4.39. The van der Waals surface area contributed by atoms with E-state index in [1.54, 1.807) is 13.0 Å². The van der Waals surface area contributed by atoms with E-state index in [2.05, 4.69) is 13.8 Å². The molecule has 4 heteroatoms. The SMILES string of the molecule is CC1(O)CCC23OC1C(O)C=C(CO)C2CC3(C)C. The normalized spacial score (nSPS) is 51.7. The molecule has 2 fully saturated rings. The van der Waals surface area contributed by atoms with E-state index in [0.29, 0.717) is 6.42 Å². The van der Waals surface area contributed by atoms with E-state index in [4.69, 9.17) is 4.74 Å². The summed E-state index contributed by atoms with van der Waals surface area (Å²) in [6.45, 7) is 6.03. The van der Waals surface area contributed by atoms with Gasteiger partial charge < -0.3 is 20.1 Å². The van der Waals surface area contributed by atoms with Gasteiger partial charge in [0.15, 0.2) is 0 Å². The molecular formula is C15H24O4. The van der Waals surface area contributed by atoms with Gasteiger partial charge in [-0.05, 0) is 37.2 Å². The molecule has 1 saturated carbocycles. The molecule has 2 heterocycles. The van der Waals surface area contributed by atoms with Crippen LogP contribution in [0.2, 0.25) is 0 Å². The molecule has 3 aliphatic rings. The highest BCUT2D eigenvalue weighted by molar-refractivity contribution is 5.30. The van der Waals surface area contributed by atoms with Crippen LogP contribution >= 0.6 is 0 Å². The molecular weight excluding hydrogens is 244 g/mol. The number of hydrogen-bond donors (Lipinski definition) is 3. The minimum atomic E-state index is -1.01. The van der Waals surface area contributed by atoms with Crippen molar-refractivity contribution in [2.24, 2.45) is 11.3 Å². The summed E-state index contributed by atoms with van der Waals surface area (Å²) in [4.78, 5) is 0. The smallest absolute Gasteiger partial charge is 0.116 e. The van der Waals surface area contributed by atoms with Crippen molar-refractivity contribution in [3.05, 3.63) is 11.6 Å². The van der Waals surface area contributed by atoms with Gasteiger partial charge in [0, 0.05) is 5.92 Å². The first-order valence-electron chi connectivity index (χ1n) is 7.13. The lowest BCUT2D eigenvalue weighted by molar-refractivity contribution is -0.313. The molecule has 0 radical (unpaired) electrons. The Balaban J connectivity index is 2.06. The molecule has 19 heavy (non-hydrogen) atoms. The van der Waals surface area contributed by atoms with Gasteiger partial charge in [0.25, 0.3) is 0 Å². The van der Waals surface area contributed by atoms with Crippen molar-refractivity contribution >= 4 is 0 Å². The average molecular weight is 268 g/mol. The van der Waals surface area contributed by atoms with Crippen molar-refractivity contribution in [2.75, 3.05) is 6.61 Å². The number of rotatable bonds is 1. The molecule has 1 aliphatic carbocycles. The van der Waals surface area contributed by atoms with Gasteiger partial charge in [-0.15, -0.1) is 0 Å². The van der Waals surface area contributed by atoms with Crippen molar-refractivity contribution in [2.45, 2.75) is 63.4 Å². The number of hydrogen-bond acceptors (Lipinski definition) is 4. The van der Waals surface area contributed by atoms with Crippen LogP contribution in [0.15, 0.2) is 11.6 Å². The maximum absolute atomic E-state index is 10.5. The zero-order chi connectivity index (χ0) is 14.1. The Labute approximate surface area is 114 Å². The zero-order valence-electron chi connectivity index (χ0n) is 11.9. The Bertz CT molecular complexity index is 426. The van der Waals surface area contributed by atoms with Gasteiger partial charge >= 0.3 is 0 Å². The third-order valence-corrected chi connectivity index (χ3v) is 5.70. The van der Waals surface area contributed by atoms with E-state index in [0.717, 1.165) is 18.4 Å². The molecule has 0 aromatic rings. The van der Waals surface area contributed by atoms with Gasteiger partial charge in [-0.3, -0.25) is 0 Å². The molecule has 5 atom stereocenters. The number of fused-ring (bicyclic) bond motifs is 1. The maximum Gasteiger partial charge on any atom is 0.116 e. The van der Waals surface area contributed by atoms with Crippen molar-refractivity contribution in [1.29, 1.82) is 0 Å². The summed E-state index contributed by atoms with van der Waals surface area (Å²) in [7, 11) is 0. The third kappa shape index (κ3) is 1.60. The quantitative estimate of drug-likeness (QED) is 0.620. The predicted octanol–water partition coefficient (Wildman–Crippen LogP) is 0.995. The van der Waals surface area contributed by atoms with Crippen molar-refractivity contribution in [1.82, 2.24) is 0 Å². The second-order valence-corrected chi connectivity index (χ2v) is 7.32. The highest BCUT2D eigenvalue weighted by Gasteiger charge is 2.67. The summed E-state index contributed by atoms with van der Waals surface area (Å²) in [5.74, 6) is 0.170. The van der Waals surface area contributed by atoms with E-state index >= 15 is 0 Å². The van der Waals surface area contributed by atoms with Crippen LogP contribution in [0, 0.1) is 11.3 Å². The molecule has 2 aliphatic heterocycles. The van der Waals surface area contributed by atoms with Gasteiger partial charge in [0.2, 0.25) is 0 Å². The van der Waals surface area contributed by atoms with Gasteiger partial charge in [0.05, 0.1) is 17.8 Å². The second-order valence-electron chi connectivity index (χ2n) is 7.32. The Morgan fingerprint density at radius 1 is 1.32 bits per heavy atom. The van der Waals surface area contributed by atoms with Crippen LogP contribution in [-0.2, 0) is 4.74 Å². The van der Waals surface area contributed by atoms with Gasteiger partial charge in [-0.1, -0.05) is 19.9 Å². The van der Waals surface area contributed by atoms with E-state index in [1.807, 2.05) is 0 Å². The standard InChI is InChI=1S/C15H24O4/c1-13(2)7-10-9(8-16)6-11(17)12-14(3,18)4-5-15(10,13)19-12/h6,10-12,16-18H,4-5,7-8H2,1-3H3. The van der Waals surface area contributed by atoms with Crippen LogP contribution in [-0.4, -0.2) is 45.3 Å². The predicted molar refractivity (Wildman–Crippen MR) is 70.5 cm³/mol. The lowest BCUT2D eigenvalue weighted by atomic mass is 9.48.